The molecule has 13 atom stereocenters. The third-order valence-electron chi connectivity index (χ3n) is 17.8. The van der Waals surface area contributed by atoms with E-state index in [1.54, 1.807) is 0 Å². The Hall–Kier alpha value is -1.78. The Morgan fingerprint density at radius 1 is 1.02 bits per heavy atom. The van der Waals surface area contributed by atoms with E-state index < -0.39 is 24.8 Å². The number of fused-ring (bicyclic) bond motifs is 4. The van der Waals surface area contributed by atoms with E-state index in [0.29, 0.717) is 28.1 Å². The van der Waals surface area contributed by atoms with Gasteiger partial charge in [0.2, 0.25) is 0 Å². The van der Waals surface area contributed by atoms with E-state index in [9.17, 15) is 20.0 Å². The summed E-state index contributed by atoms with van der Waals surface area (Å²) in [5.41, 5.74) is 1.61. The third-order valence-corrected chi connectivity index (χ3v) is 22.5. The summed E-state index contributed by atoms with van der Waals surface area (Å²) >= 11 is 4.92. The Bertz CT molecular complexity index is 1590. The molecule has 0 aromatic heterocycles. The second kappa shape index (κ2) is 14.5. The SMILES string of the molecule is C=C(C)[C@@H](O)[C@H]1C[C@@H](C)[C@H]2[C@H](O1)[C@H](O[Si](CC)(CC)CC)[C@@]1(C)[C@@H]3CC[C@H]4C(C)(C)[C@@H](C)CC[C@@]45C[C@@]35CC[C@]21C.O=C(Cl)Oc1ccc([N+](=O)[O-])cc1. The van der Waals surface area contributed by atoms with Crippen molar-refractivity contribution in [1.29, 1.82) is 0 Å². The number of hydrogen-bond donors (Lipinski definition) is 1. The maximum absolute atomic E-state index is 11.2. The fourth-order valence-corrected chi connectivity index (χ4v) is 17.2. The predicted octanol–water partition coefficient (Wildman–Crippen LogP) is 11.7. The van der Waals surface area contributed by atoms with Gasteiger partial charge in [0.15, 0.2) is 8.32 Å². The number of ether oxygens (including phenoxy) is 2. The van der Waals surface area contributed by atoms with Gasteiger partial charge < -0.3 is 19.0 Å². The molecule has 54 heavy (non-hydrogen) atoms. The van der Waals surface area contributed by atoms with Crippen molar-refractivity contribution < 1.29 is 28.7 Å². The highest BCUT2D eigenvalue weighted by Crippen LogP contribution is 2.89. The van der Waals surface area contributed by atoms with Crippen LogP contribution < -0.4 is 4.74 Å². The van der Waals surface area contributed by atoms with Crippen LogP contribution >= 0.6 is 11.6 Å². The highest BCUT2D eigenvalue weighted by atomic mass is 35.5. The Balaban J connectivity index is 0.000000325. The van der Waals surface area contributed by atoms with Crippen molar-refractivity contribution in [1.82, 2.24) is 0 Å². The molecule has 2 spiro atoms. The number of halogens is 1. The fourth-order valence-electron chi connectivity index (χ4n) is 14.2. The van der Waals surface area contributed by atoms with Gasteiger partial charge in [0.1, 0.15) is 11.9 Å². The lowest BCUT2D eigenvalue weighted by atomic mass is 9.41. The summed E-state index contributed by atoms with van der Waals surface area (Å²) in [4.78, 5) is 19.9. The van der Waals surface area contributed by atoms with Crippen LogP contribution in [0.25, 0.3) is 0 Å². The largest absolute Gasteiger partial charge is 0.414 e. The van der Waals surface area contributed by atoms with Gasteiger partial charge in [0.25, 0.3) is 5.69 Å². The monoisotopic (exact) mass is 785 g/mol. The van der Waals surface area contributed by atoms with E-state index in [0.717, 1.165) is 29.7 Å². The molecule has 7 rings (SSSR count). The van der Waals surface area contributed by atoms with E-state index >= 15 is 0 Å². The van der Waals surface area contributed by atoms with Crippen LogP contribution in [0.5, 0.6) is 5.75 Å². The second-order valence-electron chi connectivity index (χ2n) is 19.7. The van der Waals surface area contributed by atoms with Crippen LogP contribution in [0.2, 0.25) is 18.1 Å². The maximum Gasteiger partial charge on any atom is 0.409 e. The molecule has 302 valence electrons. The maximum atomic E-state index is 11.2. The second-order valence-corrected chi connectivity index (χ2v) is 24.7. The first-order valence-electron chi connectivity index (χ1n) is 21.0. The molecule has 1 N–H and O–H groups in total. The van der Waals surface area contributed by atoms with Crippen LogP contribution in [0, 0.1) is 66.8 Å². The molecule has 6 fully saturated rings. The summed E-state index contributed by atoms with van der Waals surface area (Å²) in [7, 11) is -1.90. The van der Waals surface area contributed by atoms with Crippen molar-refractivity contribution in [2.24, 2.45) is 56.7 Å². The van der Waals surface area contributed by atoms with Crippen LogP contribution in [-0.4, -0.2) is 48.2 Å². The number of non-ortho nitro benzene ring substituents is 1. The van der Waals surface area contributed by atoms with E-state index in [2.05, 4.69) is 73.6 Å². The highest BCUT2D eigenvalue weighted by Gasteiger charge is 2.84. The van der Waals surface area contributed by atoms with Gasteiger partial charge in [0.05, 0.1) is 23.2 Å². The van der Waals surface area contributed by atoms with Crippen LogP contribution in [0.3, 0.4) is 0 Å². The minimum atomic E-state index is -1.90. The topological polar surface area (TPSA) is 108 Å². The standard InChI is InChI=1S/C37H64O3Si.C7H4ClNO4/c1-12-41(13-2,14-3)40-32-31-29(24(6)21-26(39-31)30(38)23(4)5)34(10)19-20-37-22-36(37)18-17-25(7)33(8,9)27(36)15-16-28(37)35(32,34)11;8-7(10)13-6-3-1-5(2-4-6)9(11)12/h24-32,38H,4,12-22H2,1-3,5-11H3;1-4H/t24-,25+,26-,27+,28+,29+,30-,31+,32+,34-,35-,36-,37+;/m1./s1. The van der Waals surface area contributed by atoms with Crippen molar-refractivity contribution in [2.75, 3.05) is 0 Å². The van der Waals surface area contributed by atoms with Crippen LogP contribution in [0.15, 0.2) is 36.4 Å². The number of carbonyl (C=O) groups is 1. The molecule has 10 heteroatoms. The van der Waals surface area contributed by atoms with E-state index in [1.807, 2.05) is 6.92 Å². The van der Waals surface area contributed by atoms with Gasteiger partial charge in [0, 0.05) is 29.1 Å². The van der Waals surface area contributed by atoms with Crippen molar-refractivity contribution >= 4 is 31.0 Å². The smallest absolute Gasteiger partial charge is 0.409 e. The zero-order valence-electron chi connectivity index (χ0n) is 34.7. The van der Waals surface area contributed by atoms with Gasteiger partial charge in [-0.3, -0.25) is 10.1 Å². The number of nitrogens with zero attached hydrogens (tertiary/aromatic N) is 1. The van der Waals surface area contributed by atoms with Gasteiger partial charge in [-0.05, 0) is 145 Å². The molecule has 1 aromatic rings. The molecule has 0 bridgehead atoms. The average molecular weight is 787 g/mol. The molecule has 0 radical (unpaired) electrons. The molecular weight excluding hydrogens is 718 g/mol. The lowest BCUT2D eigenvalue weighted by molar-refractivity contribution is -0.384. The van der Waals surface area contributed by atoms with Crippen LogP contribution in [0.1, 0.15) is 121 Å². The first kappa shape index (κ1) is 41.8. The van der Waals surface area contributed by atoms with Crippen molar-refractivity contribution in [3.05, 3.63) is 46.5 Å². The lowest BCUT2D eigenvalue weighted by Crippen LogP contribution is -2.60. The van der Waals surface area contributed by atoms with E-state index in [-0.39, 0.29) is 40.6 Å². The molecule has 0 unspecified atom stereocenters. The molecular formula is C44H68ClNO7Si. The number of aliphatic hydroxyl groups is 1. The number of rotatable bonds is 9. The summed E-state index contributed by atoms with van der Waals surface area (Å²) in [6.45, 7) is 28.9. The lowest BCUT2D eigenvalue weighted by Gasteiger charge is -2.64. The molecule has 1 saturated heterocycles. The quantitative estimate of drug-likeness (QED) is 0.0873. The number of nitro benzene ring substituents is 1. The van der Waals surface area contributed by atoms with Crippen molar-refractivity contribution in [3.63, 3.8) is 0 Å². The molecule has 8 nitrogen and oxygen atoms in total. The molecule has 1 aromatic carbocycles. The predicted molar refractivity (Wildman–Crippen MR) is 217 cm³/mol. The summed E-state index contributed by atoms with van der Waals surface area (Å²) in [6.07, 6.45) is 10.3. The van der Waals surface area contributed by atoms with Gasteiger partial charge in [-0.25, -0.2) is 4.79 Å². The normalized spacial score (nSPS) is 42.0. The number of aliphatic hydroxyl groups excluding tert-OH is 1. The van der Waals surface area contributed by atoms with Crippen LogP contribution in [-0.2, 0) is 9.16 Å². The zero-order chi connectivity index (χ0) is 39.8. The van der Waals surface area contributed by atoms with Crippen molar-refractivity contribution in [3.8, 4) is 5.75 Å². The van der Waals surface area contributed by atoms with Crippen molar-refractivity contribution in [2.45, 2.75) is 163 Å². The Morgan fingerprint density at radius 2 is 1.61 bits per heavy atom. The minimum absolute atomic E-state index is 0.0747. The average Bonchev–Trinajstić information content (AvgIpc) is 3.75. The summed E-state index contributed by atoms with van der Waals surface area (Å²) in [5, 5.41) is 21.4. The first-order chi connectivity index (χ1) is 25.2. The number of carbonyl (C=O) groups excluding carboxylic acids is 1. The summed E-state index contributed by atoms with van der Waals surface area (Å²) in [6, 6.07) is 8.56. The fraction of sp³-hybridized carbons (Fsp3) is 0.795. The number of benzene rings is 1. The van der Waals surface area contributed by atoms with E-state index in [4.69, 9.17) is 20.8 Å². The van der Waals surface area contributed by atoms with Gasteiger partial charge in [-0.1, -0.05) is 68.9 Å². The summed E-state index contributed by atoms with van der Waals surface area (Å²) < 4.78 is 19.4. The number of nitro groups is 1. The highest BCUT2D eigenvalue weighted by molar-refractivity contribution is 6.73. The van der Waals surface area contributed by atoms with Gasteiger partial charge in [-0.15, -0.1) is 0 Å². The van der Waals surface area contributed by atoms with E-state index in [1.165, 1.54) is 87.3 Å². The Morgan fingerprint density at radius 3 is 2.17 bits per heavy atom. The Kier molecular flexibility index (Phi) is 11.3. The van der Waals surface area contributed by atoms with Gasteiger partial charge >= 0.3 is 5.43 Å². The molecule has 5 aliphatic carbocycles. The third kappa shape index (κ3) is 6.19. The molecule has 0 amide bonds. The minimum Gasteiger partial charge on any atom is -0.414 e. The molecule has 1 aliphatic heterocycles. The molecule has 1 heterocycles. The Labute approximate surface area is 330 Å². The summed E-state index contributed by atoms with van der Waals surface area (Å²) in [5.74, 6) is 3.62. The number of hydrogen-bond acceptors (Lipinski definition) is 7. The first-order valence-corrected chi connectivity index (χ1v) is 23.9. The molecule has 5 saturated carbocycles. The van der Waals surface area contributed by atoms with Gasteiger partial charge in [-0.2, -0.15) is 0 Å². The zero-order valence-corrected chi connectivity index (χ0v) is 36.5. The molecule has 6 aliphatic rings. The van der Waals surface area contributed by atoms with Crippen LogP contribution in [0.4, 0.5) is 10.5 Å².